The first kappa shape index (κ1) is 15.5. The van der Waals surface area contributed by atoms with E-state index in [0.29, 0.717) is 6.54 Å². The Morgan fingerprint density at radius 1 is 1.32 bits per heavy atom. The van der Waals surface area contributed by atoms with E-state index in [-0.39, 0.29) is 23.0 Å². The maximum atomic E-state index is 12.9. The van der Waals surface area contributed by atoms with Crippen molar-refractivity contribution in [2.24, 2.45) is 0 Å². The van der Waals surface area contributed by atoms with Gasteiger partial charge in [0.2, 0.25) is 5.91 Å². The molecule has 0 aromatic heterocycles. The molecule has 104 valence electrons. The Kier molecular flexibility index (Phi) is 6.35. The maximum Gasteiger partial charge on any atom is 0.232 e. The Balaban J connectivity index is 2.48. The molecule has 1 unspecified atom stereocenters. The predicted molar refractivity (Wildman–Crippen MR) is 71.9 cm³/mol. The van der Waals surface area contributed by atoms with Crippen LogP contribution in [-0.4, -0.2) is 33.9 Å². The third kappa shape index (κ3) is 5.74. The highest BCUT2D eigenvalue weighted by atomic mass is 32.2. The Labute approximate surface area is 113 Å². The molecule has 0 radical (unpaired) electrons. The van der Waals surface area contributed by atoms with E-state index in [1.165, 1.54) is 18.2 Å². The maximum absolute atomic E-state index is 12.9. The van der Waals surface area contributed by atoms with Crippen molar-refractivity contribution < 1.29 is 18.2 Å². The smallest absolute Gasteiger partial charge is 0.232 e. The van der Waals surface area contributed by atoms with Crippen LogP contribution in [-0.2, 0) is 15.6 Å². The predicted octanol–water partition coefficient (Wildman–Crippen LogP) is 1.28. The van der Waals surface area contributed by atoms with Gasteiger partial charge in [-0.05, 0) is 18.6 Å². The van der Waals surface area contributed by atoms with Gasteiger partial charge in [-0.1, -0.05) is 19.1 Å². The number of hydrogen-bond donors (Lipinski definition) is 1. The zero-order chi connectivity index (χ0) is 14.3. The summed E-state index contributed by atoms with van der Waals surface area (Å²) in [6, 6.07) is 5.20. The molecule has 0 aliphatic heterocycles. The number of carbonyl (C=O) groups is 2. The molecule has 19 heavy (non-hydrogen) atoms. The van der Waals surface area contributed by atoms with Crippen LogP contribution in [0.3, 0.4) is 0 Å². The number of rotatable bonds is 7. The molecule has 0 fully saturated rings. The number of halogens is 1. The molecule has 1 rings (SSSR count). The SMILES string of the molecule is CCCNC(=O)CS(=O)CC(=O)c1cccc(F)c1. The normalized spacial score (nSPS) is 11.9. The lowest BCUT2D eigenvalue weighted by Crippen LogP contribution is -2.30. The van der Waals surface area contributed by atoms with Gasteiger partial charge in [0.05, 0.1) is 5.75 Å². The number of nitrogens with one attached hydrogen (secondary N) is 1. The first-order valence-electron chi connectivity index (χ1n) is 5.93. The Morgan fingerprint density at radius 3 is 2.68 bits per heavy atom. The summed E-state index contributed by atoms with van der Waals surface area (Å²) in [6.07, 6.45) is 0.792. The first-order chi connectivity index (χ1) is 9.02. The van der Waals surface area contributed by atoms with E-state index in [4.69, 9.17) is 0 Å². The van der Waals surface area contributed by atoms with E-state index in [1.54, 1.807) is 0 Å². The van der Waals surface area contributed by atoms with Crippen molar-refractivity contribution in [1.82, 2.24) is 5.32 Å². The van der Waals surface area contributed by atoms with E-state index in [9.17, 15) is 18.2 Å². The second-order valence-electron chi connectivity index (χ2n) is 4.01. The van der Waals surface area contributed by atoms with Crippen molar-refractivity contribution in [3.8, 4) is 0 Å². The minimum Gasteiger partial charge on any atom is -0.355 e. The molecule has 0 spiro atoms. The van der Waals surface area contributed by atoms with Crippen LogP contribution >= 0.6 is 0 Å². The van der Waals surface area contributed by atoms with Crippen molar-refractivity contribution in [3.63, 3.8) is 0 Å². The van der Waals surface area contributed by atoms with Crippen LogP contribution in [0.1, 0.15) is 23.7 Å². The van der Waals surface area contributed by atoms with Gasteiger partial charge in [-0.15, -0.1) is 0 Å². The summed E-state index contributed by atoms with van der Waals surface area (Å²) in [6.45, 7) is 2.43. The van der Waals surface area contributed by atoms with Crippen molar-refractivity contribution >= 4 is 22.5 Å². The van der Waals surface area contributed by atoms with E-state index in [2.05, 4.69) is 5.32 Å². The summed E-state index contributed by atoms with van der Waals surface area (Å²) in [5, 5.41) is 2.58. The minimum atomic E-state index is -1.57. The molecule has 1 aromatic rings. The molecule has 1 N–H and O–H groups in total. The second kappa shape index (κ2) is 7.78. The Hall–Kier alpha value is -1.56. The van der Waals surface area contributed by atoms with Crippen LogP contribution < -0.4 is 5.32 Å². The summed E-state index contributed by atoms with van der Waals surface area (Å²) in [5.74, 6) is -1.77. The summed E-state index contributed by atoms with van der Waals surface area (Å²) >= 11 is 0. The Morgan fingerprint density at radius 2 is 2.05 bits per heavy atom. The number of hydrogen-bond acceptors (Lipinski definition) is 3. The molecule has 0 aliphatic carbocycles. The van der Waals surface area contributed by atoms with Gasteiger partial charge in [0, 0.05) is 22.9 Å². The van der Waals surface area contributed by atoms with Gasteiger partial charge in [0.15, 0.2) is 5.78 Å². The van der Waals surface area contributed by atoms with E-state index < -0.39 is 22.4 Å². The monoisotopic (exact) mass is 285 g/mol. The molecule has 1 amide bonds. The third-order valence-corrected chi connectivity index (χ3v) is 3.47. The molecule has 1 aromatic carbocycles. The zero-order valence-electron chi connectivity index (χ0n) is 10.6. The summed E-state index contributed by atoms with van der Waals surface area (Å²) in [5.41, 5.74) is 0.169. The fourth-order valence-corrected chi connectivity index (χ4v) is 2.36. The largest absolute Gasteiger partial charge is 0.355 e. The van der Waals surface area contributed by atoms with Gasteiger partial charge >= 0.3 is 0 Å². The molecule has 0 bridgehead atoms. The minimum absolute atomic E-state index is 0.169. The van der Waals surface area contributed by atoms with E-state index in [1.807, 2.05) is 6.92 Å². The first-order valence-corrected chi connectivity index (χ1v) is 7.42. The van der Waals surface area contributed by atoms with Gasteiger partial charge in [0.1, 0.15) is 11.6 Å². The molecular weight excluding hydrogens is 269 g/mol. The lowest BCUT2D eigenvalue weighted by molar-refractivity contribution is -0.118. The van der Waals surface area contributed by atoms with E-state index >= 15 is 0 Å². The average molecular weight is 285 g/mol. The van der Waals surface area contributed by atoms with Crippen LogP contribution in [0.15, 0.2) is 24.3 Å². The van der Waals surface area contributed by atoms with Crippen LogP contribution in [0.25, 0.3) is 0 Å². The summed E-state index contributed by atoms with van der Waals surface area (Å²) in [4.78, 5) is 23.0. The van der Waals surface area contributed by atoms with Gasteiger partial charge < -0.3 is 5.32 Å². The topological polar surface area (TPSA) is 63.2 Å². The van der Waals surface area contributed by atoms with Crippen molar-refractivity contribution in [2.45, 2.75) is 13.3 Å². The summed E-state index contributed by atoms with van der Waals surface area (Å²) in [7, 11) is -1.57. The third-order valence-electron chi connectivity index (χ3n) is 2.30. The van der Waals surface area contributed by atoms with Crippen molar-refractivity contribution in [1.29, 1.82) is 0 Å². The zero-order valence-corrected chi connectivity index (χ0v) is 11.5. The van der Waals surface area contributed by atoms with Gasteiger partial charge in [-0.2, -0.15) is 0 Å². The standard InChI is InChI=1S/C13H16FNO3S/c1-2-6-15-13(17)9-19(18)8-12(16)10-4-3-5-11(14)7-10/h3-5,7H,2,6,8-9H2,1H3,(H,15,17). The number of benzene rings is 1. The van der Waals surface area contributed by atoms with Crippen LogP contribution in [0, 0.1) is 5.82 Å². The lowest BCUT2D eigenvalue weighted by atomic mass is 10.1. The highest BCUT2D eigenvalue weighted by Crippen LogP contribution is 2.05. The number of Topliss-reactive ketones (excluding diaryl/α,β-unsaturated/α-hetero) is 1. The summed E-state index contributed by atoms with van der Waals surface area (Å²) < 4.78 is 24.5. The molecule has 0 heterocycles. The fraction of sp³-hybridized carbons (Fsp3) is 0.385. The lowest BCUT2D eigenvalue weighted by Gasteiger charge is -2.04. The molecule has 0 saturated heterocycles. The van der Waals surface area contributed by atoms with Gasteiger partial charge in [-0.25, -0.2) is 4.39 Å². The molecule has 0 saturated carbocycles. The molecule has 0 aliphatic rings. The van der Waals surface area contributed by atoms with Crippen molar-refractivity contribution in [3.05, 3.63) is 35.6 Å². The van der Waals surface area contributed by atoms with Crippen LogP contribution in [0.2, 0.25) is 0 Å². The molecule has 4 nitrogen and oxygen atoms in total. The molecule has 6 heteroatoms. The van der Waals surface area contributed by atoms with Crippen LogP contribution in [0.4, 0.5) is 4.39 Å². The quantitative estimate of drug-likeness (QED) is 0.768. The molecular formula is C13H16FNO3S. The van der Waals surface area contributed by atoms with Crippen LogP contribution in [0.5, 0.6) is 0 Å². The number of carbonyl (C=O) groups excluding carboxylic acids is 2. The van der Waals surface area contributed by atoms with E-state index in [0.717, 1.165) is 12.5 Å². The highest BCUT2D eigenvalue weighted by Gasteiger charge is 2.14. The van der Waals surface area contributed by atoms with Gasteiger partial charge in [-0.3, -0.25) is 13.8 Å². The second-order valence-corrected chi connectivity index (χ2v) is 5.47. The molecule has 1 atom stereocenters. The van der Waals surface area contributed by atoms with Gasteiger partial charge in [0.25, 0.3) is 0 Å². The highest BCUT2D eigenvalue weighted by molar-refractivity contribution is 7.86. The average Bonchev–Trinajstić information content (AvgIpc) is 2.36. The van der Waals surface area contributed by atoms with Crippen molar-refractivity contribution in [2.75, 3.05) is 18.1 Å². The number of ketones is 1. The fourth-order valence-electron chi connectivity index (χ4n) is 1.40. The Bertz CT molecular complexity index is 491. The number of amides is 1.